The summed E-state index contributed by atoms with van der Waals surface area (Å²) in [7, 11) is -2.85. The van der Waals surface area contributed by atoms with Crippen LogP contribution in [0, 0.1) is 0 Å². The third-order valence-corrected chi connectivity index (χ3v) is 6.64. The van der Waals surface area contributed by atoms with Gasteiger partial charge in [0.1, 0.15) is 0 Å². The van der Waals surface area contributed by atoms with Crippen LogP contribution < -0.4 is 0 Å². The van der Waals surface area contributed by atoms with Crippen molar-refractivity contribution in [1.82, 2.24) is 4.67 Å². The van der Waals surface area contributed by atoms with Gasteiger partial charge < -0.3 is 4.52 Å². The van der Waals surface area contributed by atoms with Crippen molar-refractivity contribution >= 4 is 7.52 Å². The van der Waals surface area contributed by atoms with Crippen LogP contribution in [0.15, 0.2) is 43.0 Å². The third kappa shape index (κ3) is 3.22. The fraction of sp³-hybridized carbons (Fsp3) is 0.500. The summed E-state index contributed by atoms with van der Waals surface area (Å²) in [6.07, 6.45) is 2.98. The maximum Gasteiger partial charge on any atom is 0.277 e. The van der Waals surface area contributed by atoms with Crippen molar-refractivity contribution in [3.63, 3.8) is 0 Å². The van der Waals surface area contributed by atoms with Gasteiger partial charge >= 0.3 is 0 Å². The van der Waals surface area contributed by atoms with Crippen LogP contribution in [-0.4, -0.2) is 23.0 Å². The fourth-order valence-electron chi connectivity index (χ4n) is 2.69. The number of rotatable bonds is 4. The first-order valence-corrected chi connectivity index (χ1v) is 8.87. The molecule has 0 spiro atoms. The summed E-state index contributed by atoms with van der Waals surface area (Å²) in [4.78, 5) is 0. The Hall–Kier alpha value is -0.890. The van der Waals surface area contributed by atoms with E-state index in [1.54, 1.807) is 6.08 Å². The first-order valence-electron chi connectivity index (χ1n) is 7.11. The van der Waals surface area contributed by atoms with E-state index in [0.29, 0.717) is 6.16 Å². The van der Waals surface area contributed by atoms with E-state index in [-0.39, 0.29) is 11.6 Å². The average molecular weight is 293 g/mol. The van der Waals surface area contributed by atoms with Crippen molar-refractivity contribution < 1.29 is 9.09 Å². The topological polar surface area (TPSA) is 29.5 Å². The molecule has 1 fully saturated rings. The fourth-order valence-corrected chi connectivity index (χ4v) is 5.33. The highest BCUT2D eigenvalue weighted by Gasteiger charge is 2.43. The Labute approximate surface area is 122 Å². The van der Waals surface area contributed by atoms with Gasteiger partial charge in [-0.25, -0.2) is 4.67 Å². The van der Waals surface area contributed by atoms with E-state index in [2.05, 4.69) is 25.6 Å². The van der Waals surface area contributed by atoms with Gasteiger partial charge in [-0.1, -0.05) is 36.4 Å². The molecule has 4 heteroatoms. The smallest absolute Gasteiger partial charge is 0.277 e. The van der Waals surface area contributed by atoms with Gasteiger partial charge in [0.05, 0.1) is 11.8 Å². The molecule has 0 amide bonds. The second-order valence-electron chi connectivity index (χ2n) is 5.96. The lowest BCUT2D eigenvalue weighted by atomic mass is 10.0. The molecule has 1 aliphatic heterocycles. The largest absolute Gasteiger partial charge is 0.311 e. The zero-order valence-electron chi connectivity index (χ0n) is 12.6. The highest BCUT2D eigenvalue weighted by Crippen LogP contribution is 2.60. The van der Waals surface area contributed by atoms with Crippen LogP contribution >= 0.6 is 7.52 Å². The van der Waals surface area contributed by atoms with Crippen LogP contribution in [0.1, 0.15) is 38.8 Å². The van der Waals surface area contributed by atoms with E-state index in [9.17, 15) is 4.57 Å². The number of nitrogens with zero attached hydrogens (tertiary/aromatic N) is 1. The molecule has 1 saturated heterocycles. The molecule has 110 valence electrons. The first kappa shape index (κ1) is 15.5. The summed E-state index contributed by atoms with van der Waals surface area (Å²) in [5, 5.41) is 0. The van der Waals surface area contributed by atoms with Crippen molar-refractivity contribution in [2.45, 2.75) is 38.8 Å². The second kappa shape index (κ2) is 5.85. The lowest BCUT2D eigenvalue weighted by Crippen LogP contribution is -2.40. The SMILES string of the molecule is C=CC[P@]1(=O)OC(C)(C)CCN1[C@H](C)c1ccccc1. The van der Waals surface area contributed by atoms with E-state index in [1.165, 1.54) is 5.56 Å². The van der Waals surface area contributed by atoms with Crippen LogP contribution in [0.3, 0.4) is 0 Å². The monoisotopic (exact) mass is 293 g/mol. The standard InChI is InChI=1S/C16H24NO2P/c1-5-13-20(18)17(12-11-16(3,4)19-20)14(2)15-9-7-6-8-10-15/h5-10,14H,1,11-13H2,2-4H3/t14-,20+/m1/s1. The molecule has 0 bridgehead atoms. The Bertz CT molecular complexity index is 512. The lowest BCUT2D eigenvalue weighted by molar-refractivity contribution is 0.0449. The van der Waals surface area contributed by atoms with Gasteiger partial charge in [0.15, 0.2) is 0 Å². The van der Waals surface area contributed by atoms with Crippen molar-refractivity contribution in [2.24, 2.45) is 0 Å². The summed E-state index contributed by atoms with van der Waals surface area (Å²) >= 11 is 0. The van der Waals surface area contributed by atoms with Crippen LogP contribution in [0.2, 0.25) is 0 Å². The quantitative estimate of drug-likeness (QED) is 0.599. The van der Waals surface area contributed by atoms with Crippen LogP contribution in [0.25, 0.3) is 0 Å². The van der Waals surface area contributed by atoms with E-state index in [4.69, 9.17) is 4.52 Å². The number of hydrogen-bond acceptors (Lipinski definition) is 2. The zero-order chi connectivity index (χ0) is 14.8. The maximum absolute atomic E-state index is 13.2. The molecule has 20 heavy (non-hydrogen) atoms. The minimum absolute atomic E-state index is 0.0816. The molecular weight excluding hydrogens is 269 g/mol. The van der Waals surface area contributed by atoms with Gasteiger partial charge in [0.2, 0.25) is 0 Å². The van der Waals surface area contributed by atoms with Crippen molar-refractivity contribution in [1.29, 1.82) is 0 Å². The molecular formula is C16H24NO2P. The van der Waals surface area contributed by atoms with Crippen molar-refractivity contribution in [3.8, 4) is 0 Å². The Balaban J connectivity index is 2.29. The predicted octanol–water partition coefficient (Wildman–Crippen LogP) is 4.63. The van der Waals surface area contributed by atoms with E-state index in [0.717, 1.165) is 13.0 Å². The van der Waals surface area contributed by atoms with Gasteiger partial charge in [0.25, 0.3) is 7.52 Å². The van der Waals surface area contributed by atoms with E-state index >= 15 is 0 Å². The molecule has 0 saturated carbocycles. The Morgan fingerprint density at radius 3 is 2.70 bits per heavy atom. The van der Waals surface area contributed by atoms with Crippen LogP contribution in [0.5, 0.6) is 0 Å². The second-order valence-corrected chi connectivity index (χ2v) is 8.30. The molecule has 3 nitrogen and oxygen atoms in total. The third-order valence-electron chi connectivity index (χ3n) is 3.81. The maximum atomic E-state index is 13.2. The van der Waals surface area contributed by atoms with Gasteiger partial charge in [-0.05, 0) is 32.8 Å². The highest BCUT2D eigenvalue weighted by atomic mass is 31.2. The molecule has 0 aromatic heterocycles. The summed E-state index contributed by atoms with van der Waals surface area (Å²) in [6, 6.07) is 10.2. The molecule has 1 aromatic rings. The van der Waals surface area contributed by atoms with Gasteiger partial charge in [-0.3, -0.25) is 4.57 Å². The van der Waals surface area contributed by atoms with Gasteiger partial charge in [0, 0.05) is 12.6 Å². The Morgan fingerprint density at radius 1 is 1.45 bits per heavy atom. The Kier molecular flexibility index (Phi) is 4.53. The molecule has 2 atom stereocenters. The van der Waals surface area contributed by atoms with Crippen LogP contribution in [0.4, 0.5) is 0 Å². The van der Waals surface area contributed by atoms with Crippen LogP contribution in [-0.2, 0) is 9.09 Å². The van der Waals surface area contributed by atoms with Gasteiger partial charge in [-0.15, -0.1) is 6.58 Å². The van der Waals surface area contributed by atoms with Crippen molar-refractivity contribution in [3.05, 3.63) is 48.6 Å². The molecule has 0 N–H and O–H groups in total. The minimum atomic E-state index is -2.85. The molecule has 1 heterocycles. The molecule has 0 aliphatic carbocycles. The predicted molar refractivity (Wildman–Crippen MR) is 84.0 cm³/mol. The van der Waals surface area contributed by atoms with Gasteiger partial charge in [-0.2, -0.15) is 0 Å². The highest BCUT2D eigenvalue weighted by molar-refractivity contribution is 7.56. The lowest BCUT2D eigenvalue weighted by Gasteiger charge is -2.45. The van der Waals surface area contributed by atoms with Crippen molar-refractivity contribution in [2.75, 3.05) is 12.7 Å². The zero-order valence-corrected chi connectivity index (χ0v) is 13.5. The Morgan fingerprint density at radius 2 is 2.10 bits per heavy atom. The van der Waals surface area contributed by atoms with E-state index in [1.807, 2.05) is 36.7 Å². The minimum Gasteiger partial charge on any atom is -0.311 e. The summed E-state index contributed by atoms with van der Waals surface area (Å²) in [5.74, 6) is 0. The summed E-state index contributed by atoms with van der Waals surface area (Å²) < 4.78 is 21.2. The molecule has 0 radical (unpaired) electrons. The number of hydrogen-bond donors (Lipinski definition) is 0. The summed E-state index contributed by atoms with van der Waals surface area (Å²) in [6.45, 7) is 10.6. The molecule has 2 rings (SSSR count). The number of benzene rings is 1. The molecule has 0 unspecified atom stereocenters. The summed E-state index contributed by atoms with van der Waals surface area (Å²) in [5.41, 5.74) is 0.839. The molecule has 1 aromatic carbocycles. The normalized spacial score (nSPS) is 27.9. The number of allylic oxidation sites excluding steroid dienone is 1. The average Bonchev–Trinajstić information content (AvgIpc) is 2.38. The molecule has 1 aliphatic rings. The van der Waals surface area contributed by atoms with E-state index < -0.39 is 7.52 Å². The first-order chi connectivity index (χ1) is 9.38.